The highest BCUT2D eigenvalue weighted by molar-refractivity contribution is 5.86. The molecule has 2 atom stereocenters. The molecule has 0 radical (unpaired) electrons. The van der Waals surface area contributed by atoms with Gasteiger partial charge in [-0.05, 0) is 64.8 Å². The summed E-state index contributed by atoms with van der Waals surface area (Å²) < 4.78 is 70.4. The Morgan fingerprint density at radius 2 is 1.86 bits per heavy atom. The third-order valence-corrected chi connectivity index (χ3v) is 7.28. The van der Waals surface area contributed by atoms with Gasteiger partial charge in [0.25, 0.3) is 0 Å². The fourth-order valence-corrected chi connectivity index (χ4v) is 5.54. The molecule has 0 bridgehead atoms. The average Bonchev–Trinajstić information content (AvgIpc) is 3.57. The van der Waals surface area contributed by atoms with E-state index in [1.807, 2.05) is 38.1 Å². The Labute approximate surface area is 252 Å². The highest BCUT2D eigenvalue weighted by atomic mass is 19.4. The van der Waals surface area contributed by atoms with Crippen molar-refractivity contribution in [1.82, 2.24) is 29.4 Å². The zero-order chi connectivity index (χ0) is 31.8. The number of carbonyl (C=O) groups is 1. The number of nitrogens with zero attached hydrogens (tertiary/aromatic N) is 6. The van der Waals surface area contributed by atoms with E-state index < -0.39 is 36.6 Å². The summed E-state index contributed by atoms with van der Waals surface area (Å²) in [6.07, 6.45) is -3.84. The smallest absolute Gasteiger partial charge is 0.410 e. The van der Waals surface area contributed by atoms with E-state index in [0.29, 0.717) is 22.6 Å². The maximum atomic E-state index is 14.7. The van der Waals surface area contributed by atoms with Crippen molar-refractivity contribution in [3.63, 3.8) is 0 Å². The molecule has 1 amide bonds. The van der Waals surface area contributed by atoms with Gasteiger partial charge in [0.15, 0.2) is 11.5 Å². The Balaban J connectivity index is 1.48. The minimum Gasteiger partial charge on any atom is -0.489 e. The summed E-state index contributed by atoms with van der Waals surface area (Å²) >= 11 is 0. The predicted octanol–water partition coefficient (Wildman–Crippen LogP) is 6.62. The van der Waals surface area contributed by atoms with E-state index in [1.54, 1.807) is 26.8 Å². The number of hydrogen-bond acceptors (Lipinski definition) is 7. The van der Waals surface area contributed by atoms with Gasteiger partial charge >= 0.3 is 12.3 Å². The van der Waals surface area contributed by atoms with Crippen LogP contribution in [0, 0.1) is 0 Å². The van der Waals surface area contributed by atoms with Gasteiger partial charge in [-0.25, -0.2) is 14.2 Å². The first-order chi connectivity index (χ1) is 20.7. The topological polar surface area (TPSA) is 85.1 Å². The molecule has 0 spiro atoms. The maximum absolute atomic E-state index is 14.7. The lowest BCUT2D eigenvalue weighted by molar-refractivity contribution is -0.184. The van der Waals surface area contributed by atoms with Crippen LogP contribution in [-0.4, -0.2) is 85.7 Å². The van der Waals surface area contributed by atoms with Crippen LogP contribution in [0.3, 0.4) is 0 Å². The van der Waals surface area contributed by atoms with Crippen LogP contribution in [0.1, 0.15) is 52.6 Å². The molecule has 0 N–H and O–H groups in total. The van der Waals surface area contributed by atoms with E-state index in [0.717, 1.165) is 5.39 Å². The second kappa shape index (κ2) is 12.2. The van der Waals surface area contributed by atoms with Gasteiger partial charge in [0.2, 0.25) is 0 Å². The van der Waals surface area contributed by atoms with E-state index in [9.17, 15) is 22.4 Å². The summed E-state index contributed by atoms with van der Waals surface area (Å²) in [5.41, 5.74) is 0.534. The molecule has 4 heterocycles. The van der Waals surface area contributed by atoms with Gasteiger partial charge in [-0.3, -0.25) is 9.30 Å². The van der Waals surface area contributed by atoms with Gasteiger partial charge in [-0.15, -0.1) is 10.2 Å². The van der Waals surface area contributed by atoms with Crippen molar-refractivity contribution in [1.29, 1.82) is 0 Å². The van der Waals surface area contributed by atoms with E-state index in [-0.39, 0.29) is 43.5 Å². The molecule has 1 aromatic carbocycles. The van der Waals surface area contributed by atoms with Crippen LogP contribution >= 0.6 is 0 Å². The molecule has 1 aliphatic heterocycles. The van der Waals surface area contributed by atoms with Gasteiger partial charge in [-0.2, -0.15) is 13.2 Å². The Morgan fingerprint density at radius 1 is 1.09 bits per heavy atom. The monoisotopic (exact) mass is 616 g/mol. The normalized spacial score (nSPS) is 17.0. The van der Waals surface area contributed by atoms with Crippen LogP contribution in [0.2, 0.25) is 0 Å². The largest absolute Gasteiger partial charge is 0.489 e. The summed E-state index contributed by atoms with van der Waals surface area (Å²) in [4.78, 5) is 20.0. The zero-order valence-corrected chi connectivity index (χ0v) is 25.3. The third kappa shape index (κ3) is 6.72. The molecule has 5 rings (SSSR count). The highest BCUT2D eigenvalue weighted by Crippen LogP contribution is 2.40. The molecule has 0 aliphatic carbocycles. The molecule has 44 heavy (non-hydrogen) atoms. The molecule has 1 fully saturated rings. The average molecular weight is 617 g/mol. The molecular formula is C31H36F4N6O3. The van der Waals surface area contributed by atoms with Gasteiger partial charge < -0.3 is 14.4 Å². The summed E-state index contributed by atoms with van der Waals surface area (Å²) in [5.74, 6) is 0.866. The first kappa shape index (κ1) is 31.4. The Kier molecular flexibility index (Phi) is 8.70. The van der Waals surface area contributed by atoms with Crippen molar-refractivity contribution < 1.29 is 31.8 Å². The maximum Gasteiger partial charge on any atom is 0.410 e. The molecule has 9 nitrogen and oxygen atoms in total. The molecule has 4 aromatic rings. The molecule has 1 saturated heterocycles. The second-order valence-corrected chi connectivity index (χ2v) is 12.1. The number of aromatic nitrogens is 4. The number of hydrogen-bond donors (Lipinski definition) is 0. The lowest BCUT2D eigenvalue weighted by Crippen LogP contribution is -2.46. The first-order valence-electron chi connectivity index (χ1n) is 14.5. The third-order valence-electron chi connectivity index (χ3n) is 7.28. The van der Waals surface area contributed by atoms with Crippen LogP contribution in [0.25, 0.3) is 28.1 Å². The van der Waals surface area contributed by atoms with Crippen LogP contribution in [0.15, 0.2) is 48.7 Å². The zero-order valence-electron chi connectivity index (χ0n) is 25.3. The number of ether oxygens (including phenoxy) is 2. The predicted molar refractivity (Wildman–Crippen MR) is 157 cm³/mol. The summed E-state index contributed by atoms with van der Waals surface area (Å²) in [7, 11) is 0. The Morgan fingerprint density at radius 3 is 2.55 bits per heavy atom. The number of alkyl halides is 4. The number of carbonyl (C=O) groups excluding carboxylic acids is 1. The van der Waals surface area contributed by atoms with Crippen molar-refractivity contribution in [2.45, 2.75) is 71.0 Å². The van der Waals surface area contributed by atoms with Crippen LogP contribution in [0.4, 0.5) is 22.4 Å². The molecule has 3 aromatic heterocycles. The van der Waals surface area contributed by atoms with Crippen LogP contribution < -0.4 is 4.74 Å². The fourth-order valence-electron chi connectivity index (χ4n) is 5.54. The molecule has 13 heteroatoms. The number of para-hydroxylation sites is 1. The number of pyridine rings is 2. The van der Waals surface area contributed by atoms with Crippen LogP contribution in [-0.2, 0) is 4.74 Å². The molecule has 236 valence electrons. The quantitative estimate of drug-likeness (QED) is 0.206. The summed E-state index contributed by atoms with van der Waals surface area (Å²) in [6, 6.07) is 9.43. The standard InChI is InChI=1S/C31H36F4N6O3/c1-19(2)43-24-8-6-7-20-9-11-23(36-26(20)24)28-38-37-25-12-10-21(17-41(25)28)27(31(33,34)35)39-15-13-22(18-39)40(16-14-32)29(42)44-30(3,4)5/h6-12,17,19,22,27H,13-16,18H2,1-5H3/t22?,27-/m1/s1. The van der Waals surface area contributed by atoms with Gasteiger partial charge in [-0.1, -0.05) is 24.3 Å². The first-order valence-corrected chi connectivity index (χ1v) is 14.5. The Hall–Kier alpha value is -4.00. The fraction of sp³-hybridized carbons (Fsp3) is 0.484. The molecule has 0 saturated carbocycles. The van der Waals surface area contributed by atoms with E-state index in [4.69, 9.17) is 14.5 Å². The number of likely N-dealkylation sites (tertiary alicyclic amines) is 1. The summed E-state index contributed by atoms with van der Waals surface area (Å²) in [6.45, 7) is 7.72. The lowest BCUT2D eigenvalue weighted by Gasteiger charge is -2.33. The van der Waals surface area contributed by atoms with Crippen molar-refractivity contribution in [3.05, 3.63) is 54.2 Å². The molecule has 1 aliphatic rings. The van der Waals surface area contributed by atoms with Gasteiger partial charge in [0.05, 0.1) is 12.6 Å². The number of halogens is 4. The van der Waals surface area contributed by atoms with E-state index in [2.05, 4.69) is 10.2 Å². The molecular weight excluding hydrogens is 580 g/mol. The SMILES string of the molecule is CC(C)Oc1cccc2ccc(-c3nnc4ccc([C@@H](N5CCC(N(CCF)C(=O)OC(C)(C)C)C5)C(F)(F)F)cn34)nc12. The van der Waals surface area contributed by atoms with Gasteiger partial charge in [0.1, 0.15) is 35.3 Å². The van der Waals surface area contributed by atoms with Crippen molar-refractivity contribution in [2.24, 2.45) is 0 Å². The summed E-state index contributed by atoms with van der Waals surface area (Å²) in [5, 5.41) is 9.26. The lowest BCUT2D eigenvalue weighted by atomic mass is 10.1. The van der Waals surface area contributed by atoms with Gasteiger partial charge in [0, 0.05) is 30.7 Å². The van der Waals surface area contributed by atoms with Crippen molar-refractivity contribution in [2.75, 3.05) is 26.3 Å². The van der Waals surface area contributed by atoms with E-state index in [1.165, 1.54) is 32.5 Å². The molecule has 1 unspecified atom stereocenters. The number of benzene rings is 1. The van der Waals surface area contributed by atoms with Crippen LogP contribution in [0.5, 0.6) is 5.75 Å². The minimum atomic E-state index is -4.64. The van der Waals surface area contributed by atoms with E-state index >= 15 is 0 Å². The number of fused-ring (bicyclic) bond motifs is 2. The van der Waals surface area contributed by atoms with Crippen molar-refractivity contribution in [3.8, 4) is 17.3 Å². The Bertz CT molecular complexity index is 1630. The number of rotatable bonds is 8. The van der Waals surface area contributed by atoms with Crippen molar-refractivity contribution >= 4 is 22.6 Å². The minimum absolute atomic E-state index is 0.0226. The second-order valence-electron chi connectivity index (χ2n) is 12.1. The highest BCUT2D eigenvalue weighted by Gasteiger charge is 2.48. The number of amides is 1.